The maximum atomic E-state index is 4.81. The third-order valence-electron chi connectivity index (χ3n) is 3.63. The molecule has 4 nitrogen and oxygen atoms in total. The Morgan fingerprint density at radius 3 is 1.23 bits per heavy atom. The largest absolute Gasteiger partial charge is 0.283 e. The molecule has 2 heterocycles. The average Bonchev–Trinajstić information content (AvgIpc) is 2.61. The topological polar surface area (TPSA) is 48.8 Å². The van der Waals surface area contributed by atoms with Crippen LogP contribution in [0.1, 0.15) is 55.4 Å². The minimum absolute atomic E-state index is 0.0213. The summed E-state index contributed by atoms with van der Waals surface area (Å²) in [5.74, 6) is 2.11. The van der Waals surface area contributed by atoms with Gasteiger partial charge in [-0.1, -0.05) is 0 Å². The van der Waals surface area contributed by atoms with Gasteiger partial charge in [0.1, 0.15) is 11.3 Å². The van der Waals surface area contributed by atoms with Crippen LogP contribution in [-0.4, -0.2) is 44.0 Å². The van der Waals surface area contributed by atoms with E-state index in [0.29, 0.717) is 0 Å². The van der Waals surface area contributed by atoms with Crippen LogP contribution in [0.2, 0.25) is 0 Å². The Balaban J connectivity index is 1.86. The smallest absolute Gasteiger partial charge is 0.106 e. The number of nitrogens with one attached hydrogen (secondary N) is 2. The Kier molecular flexibility index (Phi) is 4.82. The molecule has 0 bridgehead atoms. The summed E-state index contributed by atoms with van der Waals surface area (Å²) < 4.78 is 0. The summed E-state index contributed by atoms with van der Waals surface area (Å²) >= 11 is 3.74. The summed E-state index contributed by atoms with van der Waals surface area (Å²) in [7, 11) is 0. The van der Waals surface area contributed by atoms with Crippen molar-refractivity contribution in [2.45, 2.75) is 77.8 Å². The minimum Gasteiger partial charge on any atom is -0.283 e. The predicted molar refractivity (Wildman–Crippen MR) is 102 cm³/mol. The lowest BCUT2D eigenvalue weighted by Crippen LogP contribution is -2.47. The molecule has 0 aliphatic carbocycles. The molecule has 0 spiro atoms. The van der Waals surface area contributed by atoms with Crippen LogP contribution in [0.4, 0.5) is 0 Å². The van der Waals surface area contributed by atoms with E-state index >= 15 is 0 Å². The molecular weight excluding hydrogens is 312 g/mol. The molecule has 126 valence electrons. The van der Waals surface area contributed by atoms with E-state index in [1.165, 1.54) is 10.1 Å². The van der Waals surface area contributed by atoms with Crippen molar-refractivity contribution in [3.8, 4) is 0 Å². The first-order chi connectivity index (χ1) is 9.83. The quantitative estimate of drug-likeness (QED) is 0.771. The van der Waals surface area contributed by atoms with Crippen molar-refractivity contribution >= 4 is 33.6 Å². The zero-order valence-electron chi connectivity index (χ0n) is 15.1. The van der Waals surface area contributed by atoms with Gasteiger partial charge in [-0.05, 0) is 55.4 Å². The molecule has 0 saturated heterocycles. The van der Waals surface area contributed by atoms with E-state index in [2.05, 4.69) is 66.0 Å². The summed E-state index contributed by atoms with van der Waals surface area (Å²) in [6.45, 7) is 17.3. The molecule has 0 aromatic heterocycles. The van der Waals surface area contributed by atoms with E-state index in [1.807, 2.05) is 23.5 Å². The van der Waals surface area contributed by atoms with E-state index in [1.54, 1.807) is 0 Å². The molecule has 2 rings (SSSR count). The van der Waals surface area contributed by atoms with Gasteiger partial charge in [0, 0.05) is 11.5 Å². The molecule has 0 aromatic rings. The van der Waals surface area contributed by atoms with Crippen LogP contribution in [0.5, 0.6) is 0 Å². The first kappa shape index (κ1) is 18.3. The van der Waals surface area contributed by atoms with Gasteiger partial charge in [0.2, 0.25) is 0 Å². The van der Waals surface area contributed by atoms with Crippen LogP contribution >= 0.6 is 23.5 Å². The van der Waals surface area contributed by atoms with Crippen molar-refractivity contribution in [3.63, 3.8) is 0 Å². The number of aliphatic imine (C=N–C) groups is 2. The van der Waals surface area contributed by atoms with Crippen LogP contribution < -0.4 is 10.6 Å². The highest BCUT2D eigenvalue weighted by Crippen LogP contribution is 2.32. The first-order valence-corrected chi connectivity index (χ1v) is 9.85. The van der Waals surface area contributed by atoms with Crippen molar-refractivity contribution in [2.75, 3.05) is 11.5 Å². The zero-order chi connectivity index (χ0) is 16.8. The van der Waals surface area contributed by atoms with Crippen LogP contribution in [-0.2, 0) is 0 Å². The Morgan fingerprint density at radius 2 is 1.00 bits per heavy atom. The maximum Gasteiger partial charge on any atom is 0.106 e. The van der Waals surface area contributed by atoms with Gasteiger partial charge in [-0.15, -0.1) is 23.5 Å². The fourth-order valence-electron chi connectivity index (χ4n) is 3.18. The zero-order valence-corrected chi connectivity index (χ0v) is 16.8. The third-order valence-corrected chi connectivity index (χ3v) is 6.45. The van der Waals surface area contributed by atoms with E-state index in [0.717, 1.165) is 11.5 Å². The molecule has 2 N–H and O–H groups in total. The van der Waals surface area contributed by atoms with Gasteiger partial charge in [0.25, 0.3) is 0 Å². The molecule has 6 heteroatoms. The summed E-state index contributed by atoms with van der Waals surface area (Å²) in [5.41, 5.74) is -0.339. The summed E-state index contributed by atoms with van der Waals surface area (Å²) in [5, 5.41) is 9.55. The third kappa shape index (κ3) is 4.28. The van der Waals surface area contributed by atoms with Gasteiger partial charge >= 0.3 is 0 Å². The second-order valence-electron chi connectivity index (χ2n) is 8.15. The van der Waals surface area contributed by atoms with E-state index in [4.69, 9.17) is 9.98 Å². The first-order valence-electron chi connectivity index (χ1n) is 7.88. The molecule has 2 aliphatic rings. The number of hydrogen-bond donors (Lipinski definition) is 2. The van der Waals surface area contributed by atoms with Gasteiger partial charge in [-0.25, -0.2) is 0 Å². The van der Waals surface area contributed by atoms with Crippen molar-refractivity contribution in [3.05, 3.63) is 0 Å². The highest BCUT2D eigenvalue weighted by molar-refractivity contribution is 8.17. The highest BCUT2D eigenvalue weighted by Gasteiger charge is 2.40. The second-order valence-corrected chi connectivity index (χ2v) is 10.3. The molecule has 0 radical (unpaired) electrons. The van der Waals surface area contributed by atoms with E-state index in [-0.39, 0.29) is 22.4 Å². The Hall–Kier alpha value is -0.0400. The monoisotopic (exact) mass is 342 g/mol. The number of rotatable bonds is 3. The second kappa shape index (κ2) is 5.80. The SMILES string of the molecule is CC1(C)N=C(SCCSC2=NC(C)(C)NC2(C)C)C(C)(C)N1. The summed E-state index contributed by atoms with van der Waals surface area (Å²) in [4.78, 5) is 9.62. The van der Waals surface area contributed by atoms with Gasteiger partial charge in [-0.3, -0.25) is 20.6 Å². The summed E-state index contributed by atoms with van der Waals surface area (Å²) in [6, 6.07) is 0. The van der Waals surface area contributed by atoms with Gasteiger partial charge in [0.05, 0.1) is 21.2 Å². The molecule has 0 atom stereocenters. The molecular formula is C16H30N4S2. The van der Waals surface area contributed by atoms with Crippen molar-refractivity contribution in [2.24, 2.45) is 9.98 Å². The maximum absolute atomic E-state index is 4.81. The summed E-state index contributed by atoms with van der Waals surface area (Å²) in [6.07, 6.45) is 0. The standard InChI is InChI=1S/C16H30N4S2/c1-13(2)11(17-15(5,6)19-13)21-9-10-22-12-14(3,4)20-16(7,8)18-12/h19-20H,9-10H2,1-8H3. The van der Waals surface area contributed by atoms with E-state index in [9.17, 15) is 0 Å². The molecule has 22 heavy (non-hydrogen) atoms. The molecule has 0 unspecified atom stereocenters. The molecule has 0 aromatic carbocycles. The average molecular weight is 343 g/mol. The lowest BCUT2D eigenvalue weighted by Gasteiger charge is -2.25. The van der Waals surface area contributed by atoms with E-state index < -0.39 is 0 Å². The van der Waals surface area contributed by atoms with Crippen LogP contribution in [0.3, 0.4) is 0 Å². The predicted octanol–water partition coefficient (Wildman–Crippen LogP) is 3.49. The molecule has 0 saturated carbocycles. The molecule has 0 fully saturated rings. The fourth-order valence-corrected chi connectivity index (χ4v) is 5.64. The fraction of sp³-hybridized carbons (Fsp3) is 0.875. The van der Waals surface area contributed by atoms with Crippen molar-refractivity contribution < 1.29 is 0 Å². The van der Waals surface area contributed by atoms with Crippen molar-refractivity contribution in [1.82, 2.24) is 10.6 Å². The number of thioether (sulfide) groups is 2. The minimum atomic E-state index is -0.148. The van der Waals surface area contributed by atoms with Crippen LogP contribution in [0.15, 0.2) is 9.98 Å². The number of hydrogen-bond acceptors (Lipinski definition) is 6. The van der Waals surface area contributed by atoms with Gasteiger partial charge in [-0.2, -0.15) is 0 Å². The Bertz CT molecular complexity index is 458. The number of nitrogens with zero attached hydrogens (tertiary/aromatic N) is 2. The Labute approximate surface area is 143 Å². The van der Waals surface area contributed by atoms with Crippen molar-refractivity contribution in [1.29, 1.82) is 0 Å². The lowest BCUT2D eigenvalue weighted by atomic mass is 10.1. The molecule has 0 amide bonds. The normalized spacial score (nSPS) is 27.6. The Morgan fingerprint density at radius 1 is 0.682 bits per heavy atom. The molecule has 2 aliphatic heterocycles. The highest BCUT2D eigenvalue weighted by atomic mass is 32.2. The van der Waals surface area contributed by atoms with Crippen LogP contribution in [0, 0.1) is 0 Å². The lowest BCUT2D eigenvalue weighted by molar-refractivity contribution is 0.371. The van der Waals surface area contributed by atoms with Gasteiger partial charge < -0.3 is 0 Å². The van der Waals surface area contributed by atoms with Crippen LogP contribution in [0.25, 0.3) is 0 Å². The van der Waals surface area contributed by atoms with Gasteiger partial charge in [0.15, 0.2) is 0 Å².